The van der Waals surface area contributed by atoms with Gasteiger partial charge in [-0.05, 0) is 30.4 Å². The highest BCUT2D eigenvalue weighted by Crippen LogP contribution is 2.23. The number of aromatic nitrogens is 2. The van der Waals surface area contributed by atoms with E-state index in [2.05, 4.69) is 33.7 Å². The molecule has 0 saturated heterocycles. The highest BCUT2D eigenvalue weighted by Gasteiger charge is 2.13. The van der Waals surface area contributed by atoms with Gasteiger partial charge in [-0.25, -0.2) is 4.98 Å². The number of carbonyl (C=O) groups excluding carboxylic acids is 1. The van der Waals surface area contributed by atoms with Crippen molar-refractivity contribution in [2.75, 3.05) is 43.3 Å². The molecule has 0 spiro atoms. The summed E-state index contributed by atoms with van der Waals surface area (Å²) < 4.78 is 0. The predicted octanol–water partition coefficient (Wildman–Crippen LogP) is 2.55. The van der Waals surface area contributed by atoms with Gasteiger partial charge in [0.25, 0.3) is 0 Å². The van der Waals surface area contributed by atoms with Crippen molar-refractivity contribution in [1.82, 2.24) is 9.97 Å². The summed E-state index contributed by atoms with van der Waals surface area (Å²) in [6.45, 7) is 2.07. The van der Waals surface area contributed by atoms with Crippen LogP contribution in [0.3, 0.4) is 0 Å². The average molecular weight is 333 g/mol. The first-order valence-electron chi connectivity index (χ1n) is 7.43. The van der Waals surface area contributed by atoms with Crippen LogP contribution in [0, 0.1) is 6.92 Å². The van der Waals surface area contributed by atoms with E-state index in [0.717, 1.165) is 6.42 Å². The molecule has 23 heavy (non-hydrogen) atoms. The molecule has 124 valence electrons. The number of nitrogens with one attached hydrogen (secondary N) is 1. The third-order valence-corrected chi connectivity index (χ3v) is 4.48. The Morgan fingerprint density at radius 3 is 2.57 bits per heavy atom. The molecule has 0 radical (unpaired) electrons. The van der Waals surface area contributed by atoms with Crippen molar-refractivity contribution in [2.24, 2.45) is 0 Å². The van der Waals surface area contributed by atoms with Gasteiger partial charge in [-0.3, -0.25) is 4.79 Å². The molecule has 7 heteroatoms. The van der Waals surface area contributed by atoms with Crippen molar-refractivity contribution >= 4 is 34.7 Å². The minimum Gasteiger partial charge on any atom is -0.361 e. The Labute approximate surface area is 141 Å². The SMILES string of the molecule is Cc1ccsc1CCC(=O)Nc1cnc(N(C)C)nc1N(C)C. The lowest BCUT2D eigenvalue weighted by atomic mass is 10.2. The molecule has 0 bridgehead atoms. The number of carbonyl (C=O) groups is 1. The van der Waals surface area contributed by atoms with Crippen LogP contribution in [0.5, 0.6) is 0 Å². The monoisotopic (exact) mass is 333 g/mol. The van der Waals surface area contributed by atoms with Crippen molar-refractivity contribution in [1.29, 1.82) is 0 Å². The number of amides is 1. The van der Waals surface area contributed by atoms with Gasteiger partial charge in [0, 0.05) is 39.5 Å². The van der Waals surface area contributed by atoms with E-state index in [1.807, 2.05) is 38.0 Å². The Kier molecular flexibility index (Phi) is 5.54. The summed E-state index contributed by atoms with van der Waals surface area (Å²) >= 11 is 1.69. The molecule has 2 rings (SSSR count). The summed E-state index contributed by atoms with van der Waals surface area (Å²) in [5, 5.41) is 4.98. The smallest absolute Gasteiger partial charge is 0.226 e. The lowest BCUT2D eigenvalue weighted by Crippen LogP contribution is -2.21. The average Bonchev–Trinajstić information content (AvgIpc) is 2.90. The summed E-state index contributed by atoms with van der Waals surface area (Å²) in [4.78, 5) is 25.9. The number of hydrogen-bond donors (Lipinski definition) is 1. The van der Waals surface area contributed by atoms with Crippen LogP contribution in [0.15, 0.2) is 17.6 Å². The molecule has 0 unspecified atom stereocenters. The molecule has 0 saturated carbocycles. The number of aryl methyl sites for hydroxylation is 2. The molecule has 0 aromatic carbocycles. The van der Waals surface area contributed by atoms with Gasteiger partial charge < -0.3 is 15.1 Å². The second-order valence-electron chi connectivity index (χ2n) is 5.77. The first-order valence-corrected chi connectivity index (χ1v) is 8.31. The van der Waals surface area contributed by atoms with Crippen LogP contribution in [0.1, 0.15) is 16.9 Å². The first-order chi connectivity index (χ1) is 10.9. The molecular weight excluding hydrogens is 310 g/mol. The standard InChI is InChI=1S/C16H23N5OS/c1-11-8-9-23-13(11)6-7-14(22)18-12-10-17-16(21(4)5)19-15(12)20(2)3/h8-10H,6-7H2,1-5H3,(H,18,22). The highest BCUT2D eigenvalue weighted by molar-refractivity contribution is 7.10. The fourth-order valence-electron chi connectivity index (χ4n) is 2.11. The van der Waals surface area contributed by atoms with E-state index in [-0.39, 0.29) is 5.91 Å². The number of anilines is 3. The summed E-state index contributed by atoms with van der Waals surface area (Å²) in [5.41, 5.74) is 1.88. The second-order valence-corrected chi connectivity index (χ2v) is 6.77. The lowest BCUT2D eigenvalue weighted by Gasteiger charge is -2.19. The van der Waals surface area contributed by atoms with Gasteiger partial charge in [0.2, 0.25) is 11.9 Å². The molecule has 0 fully saturated rings. The fraction of sp³-hybridized carbons (Fsp3) is 0.438. The topological polar surface area (TPSA) is 61.4 Å². The molecule has 2 aromatic rings. The minimum atomic E-state index is -0.0258. The molecule has 0 atom stereocenters. The van der Waals surface area contributed by atoms with Crippen molar-refractivity contribution in [2.45, 2.75) is 19.8 Å². The molecule has 2 heterocycles. The van der Waals surface area contributed by atoms with Gasteiger partial charge >= 0.3 is 0 Å². The Hall–Kier alpha value is -2.15. The van der Waals surface area contributed by atoms with E-state index < -0.39 is 0 Å². The van der Waals surface area contributed by atoms with Gasteiger partial charge in [-0.15, -0.1) is 11.3 Å². The summed E-state index contributed by atoms with van der Waals surface area (Å²) in [7, 11) is 7.56. The van der Waals surface area contributed by atoms with Crippen LogP contribution in [0.25, 0.3) is 0 Å². The summed E-state index contributed by atoms with van der Waals surface area (Å²) in [6, 6.07) is 2.08. The van der Waals surface area contributed by atoms with Crippen LogP contribution in [-0.2, 0) is 11.2 Å². The van der Waals surface area contributed by atoms with E-state index in [4.69, 9.17) is 0 Å². The summed E-state index contributed by atoms with van der Waals surface area (Å²) in [5.74, 6) is 1.28. The van der Waals surface area contributed by atoms with Crippen LogP contribution in [0.2, 0.25) is 0 Å². The molecule has 1 amide bonds. The Bertz CT molecular complexity index is 681. The predicted molar refractivity (Wildman–Crippen MR) is 96.7 cm³/mol. The third kappa shape index (κ3) is 4.41. The number of thiophene rings is 1. The van der Waals surface area contributed by atoms with Crippen LogP contribution >= 0.6 is 11.3 Å². The zero-order valence-electron chi connectivity index (χ0n) is 14.3. The van der Waals surface area contributed by atoms with E-state index >= 15 is 0 Å². The number of rotatable bonds is 6. The van der Waals surface area contributed by atoms with Gasteiger partial charge in [0.05, 0.1) is 6.20 Å². The molecule has 2 aromatic heterocycles. The quantitative estimate of drug-likeness (QED) is 0.880. The Morgan fingerprint density at radius 1 is 1.26 bits per heavy atom. The molecular formula is C16H23N5OS. The zero-order valence-corrected chi connectivity index (χ0v) is 15.1. The molecule has 0 aliphatic carbocycles. The van der Waals surface area contributed by atoms with Gasteiger partial charge in [-0.1, -0.05) is 0 Å². The van der Waals surface area contributed by atoms with Crippen molar-refractivity contribution in [3.8, 4) is 0 Å². The Morgan fingerprint density at radius 2 is 2.00 bits per heavy atom. The zero-order chi connectivity index (χ0) is 17.0. The molecule has 1 N–H and O–H groups in total. The van der Waals surface area contributed by atoms with Crippen LogP contribution in [-0.4, -0.2) is 44.1 Å². The molecule has 0 aliphatic rings. The maximum absolute atomic E-state index is 12.2. The fourth-order valence-corrected chi connectivity index (χ4v) is 3.02. The molecule has 6 nitrogen and oxygen atoms in total. The normalized spacial score (nSPS) is 10.5. The number of nitrogens with zero attached hydrogens (tertiary/aromatic N) is 4. The first kappa shape index (κ1) is 17.2. The minimum absolute atomic E-state index is 0.0258. The molecule has 0 aliphatic heterocycles. The number of hydrogen-bond acceptors (Lipinski definition) is 6. The van der Waals surface area contributed by atoms with E-state index in [9.17, 15) is 4.79 Å². The van der Waals surface area contributed by atoms with E-state index in [0.29, 0.717) is 23.9 Å². The second kappa shape index (κ2) is 7.41. The lowest BCUT2D eigenvalue weighted by molar-refractivity contribution is -0.116. The van der Waals surface area contributed by atoms with Gasteiger partial charge in [0.1, 0.15) is 5.69 Å². The maximum atomic E-state index is 12.2. The van der Waals surface area contributed by atoms with Gasteiger partial charge in [0.15, 0.2) is 5.82 Å². The summed E-state index contributed by atoms with van der Waals surface area (Å²) in [6.07, 6.45) is 2.86. The van der Waals surface area contributed by atoms with Crippen molar-refractivity contribution in [3.05, 3.63) is 28.1 Å². The van der Waals surface area contributed by atoms with E-state index in [1.54, 1.807) is 17.5 Å². The van der Waals surface area contributed by atoms with Crippen molar-refractivity contribution < 1.29 is 4.79 Å². The maximum Gasteiger partial charge on any atom is 0.226 e. The highest BCUT2D eigenvalue weighted by atomic mass is 32.1. The van der Waals surface area contributed by atoms with Crippen LogP contribution in [0.4, 0.5) is 17.5 Å². The van der Waals surface area contributed by atoms with Gasteiger partial charge in [-0.2, -0.15) is 4.98 Å². The van der Waals surface area contributed by atoms with Crippen LogP contribution < -0.4 is 15.1 Å². The van der Waals surface area contributed by atoms with Crippen molar-refractivity contribution in [3.63, 3.8) is 0 Å². The third-order valence-electron chi connectivity index (χ3n) is 3.40. The van der Waals surface area contributed by atoms with E-state index in [1.165, 1.54) is 10.4 Å². The Balaban J connectivity index is 2.06. The largest absolute Gasteiger partial charge is 0.361 e.